The Labute approximate surface area is 91.1 Å². The van der Waals surface area contributed by atoms with Crippen LogP contribution < -0.4 is 0 Å². The van der Waals surface area contributed by atoms with Crippen molar-refractivity contribution < 1.29 is 14.2 Å². The molecule has 1 rings (SSSR count). The summed E-state index contributed by atoms with van der Waals surface area (Å²) in [6.45, 7) is 4.09. The molecule has 0 spiro atoms. The van der Waals surface area contributed by atoms with Crippen LogP contribution in [0, 0.1) is 0 Å². The first kappa shape index (κ1) is 12.8. The van der Waals surface area contributed by atoms with Gasteiger partial charge in [0.15, 0.2) is 0 Å². The minimum atomic E-state index is -1.85. The summed E-state index contributed by atoms with van der Waals surface area (Å²) in [5.41, 5.74) is 1.13. The molecule has 75 valence electrons. The van der Waals surface area contributed by atoms with Gasteiger partial charge in [0.25, 0.3) is 0 Å². The maximum absolute atomic E-state index is 4.96. The van der Waals surface area contributed by atoms with Gasteiger partial charge in [0.2, 0.25) is 0 Å². The molecule has 0 saturated heterocycles. The molecule has 12 heavy (non-hydrogen) atoms. The molecule has 0 aromatic heterocycles. The Balaban J connectivity index is 0.000000261. The normalized spacial score (nSPS) is 21.6. The Morgan fingerprint density at radius 3 is 2.17 bits per heavy atom. The molecule has 1 heterocycles. The average Bonchev–Trinajstić information content (AvgIpc) is 1.84. The molecule has 1 aliphatic rings. The second-order valence-corrected chi connectivity index (χ2v) is 12.0. The van der Waals surface area contributed by atoms with E-state index in [9.17, 15) is 0 Å². The van der Waals surface area contributed by atoms with Gasteiger partial charge in [-0.05, 0) is 0 Å². The molecule has 5 heteroatoms. The van der Waals surface area contributed by atoms with Gasteiger partial charge in [-0.25, -0.2) is 0 Å². The van der Waals surface area contributed by atoms with Gasteiger partial charge in [-0.1, -0.05) is 32.1 Å². The minimum absolute atomic E-state index is 0.389. The Hall–Kier alpha value is 0.838. The maximum atomic E-state index is 4.96. The van der Waals surface area contributed by atoms with Crippen molar-refractivity contribution in [1.82, 2.24) is 0 Å². The van der Waals surface area contributed by atoms with Gasteiger partial charge in [0, 0.05) is 0 Å². The van der Waals surface area contributed by atoms with E-state index in [1.165, 1.54) is 0 Å². The summed E-state index contributed by atoms with van der Waals surface area (Å²) in [5, 5.41) is 4.26. The summed E-state index contributed by atoms with van der Waals surface area (Å²) >= 11 is -1.85. The van der Waals surface area contributed by atoms with Crippen molar-refractivity contribution in [2.24, 2.45) is 0 Å². The molecular formula is C7H10Cl3NPt-. The van der Waals surface area contributed by atoms with Crippen molar-refractivity contribution in [2.45, 2.75) is 19.9 Å². The molecule has 1 aliphatic heterocycles. The van der Waals surface area contributed by atoms with Crippen LogP contribution in [0.3, 0.4) is 0 Å². The zero-order valence-electron chi connectivity index (χ0n) is 6.71. The van der Waals surface area contributed by atoms with Crippen LogP contribution in [-0.4, -0.2) is 6.04 Å². The topological polar surface area (TPSA) is 14.1 Å². The molecular weight excluding hydrogens is 400 g/mol. The molecule has 0 N–H and O–H groups in total. The van der Waals surface area contributed by atoms with E-state index in [1.807, 2.05) is 19.1 Å². The summed E-state index contributed by atoms with van der Waals surface area (Å²) in [7, 11) is 14.9. The van der Waals surface area contributed by atoms with E-state index < -0.39 is 14.2 Å². The van der Waals surface area contributed by atoms with Crippen LogP contribution in [-0.2, 0) is 14.2 Å². The third kappa shape index (κ3) is 8.93. The zero-order chi connectivity index (χ0) is 9.56. The van der Waals surface area contributed by atoms with E-state index in [-0.39, 0.29) is 0 Å². The molecule has 0 amide bonds. The van der Waals surface area contributed by atoms with E-state index in [1.54, 1.807) is 0 Å². The van der Waals surface area contributed by atoms with Crippen LogP contribution in [0.2, 0.25) is 0 Å². The fourth-order valence-corrected chi connectivity index (χ4v) is 0.763. The first-order valence-electron chi connectivity index (χ1n) is 3.21. The summed E-state index contributed by atoms with van der Waals surface area (Å²) in [6, 6.07) is 0.389. The Bertz CT molecular complexity index is 177. The van der Waals surface area contributed by atoms with Crippen molar-refractivity contribution in [3.8, 4) is 0 Å². The predicted molar refractivity (Wildman–Crippen MR) is 53.3 cm³/mol. The molecule has 1 unspecified atom stereocenters. The third-order valence-electron chi connectivity index (χ3n) is 1.13. The Morgan fingerprint density at radius 2 is 1.92 bits per heavy atom. The molecule has 0 aromatic rings. The molecule has 0 aromatic carbocycles. The molecule has 0 saturated carbocycles. The van der Waals surface area contributed by atoms with Gasteiger partial charge in [-0.2, -0.15) is 5.70 Å². The molecule has 1 nitrogen and oxygen atoms in total. The van der Waals surface area contributed by atoms with Crippen LogP contribution in [0.15, 0.2) is 23.9 Å². The summed E-state index contributed by atoms with van der Waals surface area (Å²) in [4.78, 5) is 0. The summed E-state index contributed by atoms with van der Waals surface area (Å²) in [5.74, 6) is 0. The molecule has 0 radical (unpaired) electrons. The van der Waals surface area contributed by atoms with Gasteiger partial charge in [-0.15, -0.1) is 6.04 Å². The van der Waals surface area contributed by atoms with Gasteiger partial charge < -0.3 is 5.32 Å². The fourth-order valence-electron chi connectivity index (χ4n) is 0.763. The predicted octanol–water partition coefficient (Wildman–Crippen LogP) is 4.29. The Kier molecular flexibility index (Phi) is 7.77. The number of allylic oxidation sites excluding steroid dienone is 3. The van der Waals surface area contributed by atoms with Gasteiger partial charge in [-0.3, -0.25) is 0 Å². The van der Waals surface area contributed by atoms with E-state index in [0.29, 0.717) is 6.04 Å². The number of rotatable bonds is 0. The van der Waals surface area contributed by atoms with Crippen LogP contribution >= 0.6 is 28.3 Å². The number of halogens is 3. The second kappa shape index (κ2) is 7.26. The second-order valence-electron chi connectivity index (χ2n) is 2.20. The molecule has 0 aliphatic carbocycles. The number of hydrogen-bond donors (Lipinski definition) is 0. The number of hydrogen-bond acceptors (Lipinski definition) is 0. The van der Waals surface area contributed by atoms with Gasteiger partial charge in [0.1, 0.15) is 0 Å². The SMILES string of the molecule is CC1=CC=CC(C)[N-]1.[Cl][Pt]([Cl])[Cl]. The van der Waals surface area contributed by atoms with Crippen molar-refractivity contribution in [1.29, 1.82) is 0 Å². The third-order valence-corrected chi connectivity index (χ3v) is 1.13. The van der Waals surface area contributed by atoms with E-state index in [4.69, 9.17) is 28.3 Å². The number of nitrogens with zero attached hydrogens (tertiary/aromatic N) is 1. The molecule has 0 bridgehead atoms. The molecule has 0 fully saturated rings. The zero-order valence-corrected chi connectivity index (χ0v) is 11.2. The van der Waals surface area contributed by atoms with Crippen LogP contribution in [0.1, 0.15) is 13.8 Å². The quantitative estimate of drug-likeness (QED) is 0.567. The fraction of sp³-hybridized carbons (Fsp3) is 0.429. The first-order chi connectivity index (χ1) is 5.52. The van der Waals surface area contributed by atoms with E-state index in [0.717, 1.165) is 5.70 Å². The molecule has 1 atom stereocenters. The summed E-state index contributed by atoms with van der Waals surface area (Å²) < 4.78 is 0. The van der Waals surface area contributed by atoms with Crippen molar-refractivity contribution in [2.75, 3.05) is 0 Å². The van der Waals surface area contributed by atoms with Gasteiger partial charge >= 0.3 is 42.4 Å². The van der Waals surface area contributed by atoms with Crippen LogP contribution in [0.5, 0.6) is 0 Å². The van der Waals surface area contributed by atoms with Crippen LogP contribution in [0.25, 0.3) is 5.32 Å². The van der Waals surface area contributed by atoms with Crippen molar-refractivity contribution in [3.63, 3.8) is 0 Å². The Morgan fingerprint density at radius 1 is 1.42 bits per heavy atom. The van der Waals surface area contributed by atoms with E-state index >= 15 is 0 Å². The monoisotopic (exact) mass is 408 g/mol. The van der Waals surface area contributed by atoms with Crippen molar-refractivity contribution in [3.05, 3.63) is 29.2 Å². The summed E-state index contributed by atoms with van der Waals surface area (Å²) in [6.07, 6.45) is 6.14. The average molecular weight is 410 g/mol. The van der Waals surface area contributed by atoms with Gasteiger partial charge in [0.05, 0.1) is 0 Å². The van der Waals surface area contributed by atoms with Crippen molar-refractivity contribution >= 4 is 28.3 Å². The van der Waals surface area contributed by atoms with E-state index in [2.05, 4.69) is 18.3 Å². The van der Waals surface area contributed by atoms with Crippen LogP contribution in [0.4, 0.5) is 0 Å². The first-order valence-corrected chi connectivity index (χ1v) is 11.7. The standard InChI is InChI=1S/C7H10N.3ClH.Pt/c1-6-4-3-5-7(2)8-6;;;;/h3-6H,1-2H3;3*1H;/q-1;;;;+3/p-3.